The number of para-hydroxylation sites is 1. The van der Waals surface area contributed by atoms with Crippen LogP contribution in [0.2, 0.25) is 0 Å². The van der Waals surface area contributed by atoms with E-state index in [1.807, 2.05) is 6.20 Å². The summed E-state index contributed by atoms with van der Waals surface area (Å²) in [6.45, 7) is 0. The summed E-state index contributed by atoms with van der Waals surface area (Å²) in [5, 5.41) is 11.7. The Bertz CT molecular complexity index is 1210. The van der Waals surface area contributed by atoms with E-state index in [1.54, 1.807) is 0 Å². The first kappa shape index (κ1) is 21.1. The van der Waals surface area contributed by atoms with E-state index in [0.717, 1.165) is 59.7 Å². The monoisotopic (exact) mass is 470 g/mol. The molecule has 0 saturated heterocycles. The van der Waals surface area contributed by atoms with Crippen molar-refractivity contribution < 1.29 is 9.90 Å². The predicted molar refractivity (Wildman–Crippen MR) is 135 cm³/mol. The van der Waals surface area contributed by atoms with Crippen LogP contribution in [0.4, 0.5) is 0 Å². The van der Waals surface area contributed by atoms with E-state index < -0.39 is 11.4 Å². The van der Waals surface area contributed by atoms with Gasteiger partial charge < -0.3 is 5.11 Å². The molecule has 0 spiro atoms. The molecule has 6 fully saturated rings. The number of rotatable bonds is 3. The Labute approximate surface area is 208 Å². The molecule has 9 atom stereocenters. The zero-order valence-electron chi connectivity index (χ0n) is 20.8. The van der Waals surface area contributed by atoms with Gasteiger partial charge in [0.25, 0.3) is 0 Å². The van der Waals surface area contributed by atoms with Crippen LogP contribution in [-0.4, -0.2) is 21.0 Å². The third-order valence-corrected chi connectivity index (χ3v) is 12.5. The molecule has 6 aliphatic carbocycles. The summed E-state index contributed by atoms with van der Waals surface area (Å²) in [7, 11) is 0. The molecular weight excluding hydrogens is 432 g/mol. The van der Waals surface area contributed by atoms with E-state index in [1.165, 1.54) is 64.2 Å². The van der Waals surface area contributed by atoms with Crippen molar-refractivity contribution in [2.24, 2.45) is 45.8 Å². The van der Waals surface area contributed by atoms with E-state index in [2.05, 4.69) is 24.3 Å². The lowest BCUT2D eigenvalue weighted by Gasteiger charge is -2.55. The van der Waals surface area contributed by atoms with E-state index in [0.29, 0.717) is 22.7 Å². The van der Waals surface area contributed by atoms with Crippen LogP contribution >= 0.6 is 0 Å². The van der Waals surface area contributed by atoms with Gasteiger partial charge >= 0.3 is 5.97 Å². The highest BCUT2D eigenvalue weighted by Gasteiger charge is 2.71. The predicted octanol–water partition coefficient (Wildman–Crippen LogP) is 6.99. The van der Waals surface area contributed by atoms with Gasteiger partial charge in [0, 0.05) is 17.5 Å². The fourth-order valence-electron chi connectivity index (χ4n) is 11.5. The largest absolute Gasteiger partial charge is 0.481 e. The number of hydrogen-bond acceptors (Lipinski definition) is 3. The lowest BCUT2D eigenvalue weighted by Crippen LogP contribution is -2.46. The molecule has 0 radical (unpaired) electrons. The molecule has 0 aliphatic heterocycles. The summed E-state index contributed by atoms with van der Waals surface area (Å²) < 4.78 is 0. The van der Waals surface area contributed by atoms with Gasteiger partial charge in [-0.15, -0.1) is 0 Å². The summed E-state index contributed by atoms with van der Waals surface area (Å²) in [5.74, 6) is 4.71. The van der Waals surface area contributed by atoms with Crippen molar-refractivity contribution in [1.82, 2.24) is 9.97 Å². The van der Waals surface area contributed by atoms with Crippen LogP contribution in [0, 0.1) is 45.8 Å². The summed E-state index contributed by atoms with van der Waals surface area (Å²) in [4.78, 5) is 22.7. The van der Waals surface area contributed by atoms with Crippen LogP contribution in [0.5, 0.6) is 0 Å². The van der Waals surface area contributed by atoms with Crippen molar-refractivity contribution in [2.75, 3.05) is 0 Å². The van der Waals surface area contributed by atoms with Gasteiger partial charge in [-0.05, 0) is 117 Å². The highest BCUT2D eigenvalue weighted by atomic mass is 16.4. The first-order chi connectivity index (χ1) is 17.0. The molecule has 6 bridgehead atoms. The minimum absolute atomic E-state index is 0.303. The van der Waals surface area contributed by atoms with Gasteiger partial charge in [-0.2, -0.15) is 0 Å². The average Bonchev–Trinajstić information content (AvgIpc) is 3.14. The number of carboxylic acid groups (broad SMARTS) is 1. The average molecular weight is 471 g/mol. The summed E-state index contributed by atoms with van der Waals surface area (Å²) in [5.41, 5.74) is 1.38. The molecule has 1 aromatic carbocycles. The lowest BCUT2D eigenvalue weighted by molar-refractivity contribution is -0.152. The number of benzene rings is 1. The minimum atomic E-state index is -0.456. The lowest BCUT2D eigenvalue weighted by atomic mass is 9.50. The third-order valence-electron chi connectivity index (χ3n) is 12.5. The molecule has 35 heavy (non-hydrogen) atoms. The number of carbonyl (C=O) groups is 1. The molecular formula is C31H38N2O2. The van der Waals surface area contributed by atoms with Crippen molar-refractivity contribution in [2.45, 2.75) is 89.4 Å². The molecule has 1 aromatic heterocycles. The fraction of sp³-hybridized carbons (Fsp3) is 0.710. The summed E-state index contributed by atoms with van der Waals surface area (Å²) in [6, 6.07) is 8.38. The number of hydrogen-bond donors (Lipinski definition) is 1. The zero-order valence-corrected chi connectivity index (χ0v) is 20.8. The maximum atomic E-state index is 12.8. The quantitative estimate of drug-likeness (QED) is 0.525. The van der Waals surface area contributed by atoms with Crippen LogP contribution in [-0.2, 0) is 4.79 Å². The molecule has 6 aliphatic rings. The highest BCUT2D eigenvalue weighted by Crippen LogP contribution is 2.78. The number of aromatic nitrogens is 2. The third kappa shape index (κ3) is 2.83. The van der Waals surface area contributed by atoms with Crippen molar-refractivity contribution >= 4 is 16.9 Å². The Morgan fingerprint density at radius 1 is 0.914 bits per heavy atom. The Hall–Kier alpha value is -1.97. The molecule has 9 unspecified atom stereocenters. The van der Waals surface area contributed by atoms with Gasteiger partial charge in [0.05, 0.1) is 10.9 Å². The molecule has 1 heterocycles. The molecule has 1 N–H and O–H groups in total. The van der Waals surface area contributed by atoms with Crippen LogP contribution in [0.1, 0.15) is 95.2 Å². The van der Waals surface area contributed by atoms with Gasteiger partial charge in [0.15, 0.2) is 0 Å². The Morgan fingerprint density at radius 2 is 1.74 bits per heavy atom. The van der Waals surface area contributed by atoms with Gasteiger partial charge in [-0.3, -0.25) is 4.79 Å². The van der Waals surface area contributed by atoms with Crippen molar-refractivity contribution in [3.8, 4) is 0 Å². The summed E-state index contributed by atoms with van der Waals surface area (Å²) >= 11 is 0. The normalized spacial score (nSPS) is 47.7. The van der Waals surface area contributed by atoms with Crippen molar-refractivity contribution in [3.05, 3.63) is 36.3 Å². The topological polar surface area (TPSA) is 63.1 Å². The Morgan fingerprint density at radius 3 is 2.63 bits per heavy atom. The highest BCUT2D eigenvalue weighted by molar-refractivity contribution is 5.77. The molecule has 8 rings (SSSR count). The van der Waals surface area contributed by atoms with Crippen molar-refractivity contribution in [1.29, 1.82) is 0 Å². The van der Waals surface area contributed by atoms with E-state index >= 15 is 0 Å². The smallest absolute Gasteiger partial charge is 0.309 e. The van der Waals surface area contributed by atoms with Crippen molar-refractivity contribution in [3.63, 3.8) is 0 Å². The van der Waals surface area contributed by atoms with Crippen LogP contribution in [0.3, 0.4) is 0 Å². The molecule has 4 nitrogen and oxygen atoms in total. The number of carboxylic acids is 1. The van der Waals surface area contributed by atoms with E-state index in [-0.39, 0.29) is 0 Å². The summed E-state index contributed by atoms with van der Waals surface area (Å²) in [6.07, 6.45) is 18.1. The molecule has 4 heteroatoms. The van der Waals surface area contributed by atoms with E-state index in [4.69, 9.17) is 9.97 Å². The molecule has 0 amide bonds. The first-order valence-electron chi connectivity index (χ1n) is 14.4. The molecule has 2 aromatic rings. The number of aliphatic carboxylic acids is 1. The zero-order chi connectivity index (χ0) is 23.4. The number of nitrogens with zero attached hydrogens (tertiary/aromatic N) is 2. The van der Waals surface area contributed by atoms with Gasteiger partial charge in [-0.1, -0.05) is 31.0 Å². The standard InChI is InChI=1S/C31H38N2O2/c34-28(35)31-7-3-4-19-10-25(31)16-30(12-19,18-31)29-13-20-8-22(11-24(15-29)23(9-20)14-29)27-32-17-21-5-1-2-6-26(21)33-27/h1-2,5-6,17,19-20,22-25H,3-4,7-16,18H2,(H,34,35). The van der Waals surface area contributed by atoms with Gasteiger partial charge in [-0.25, -0.2) is 9.97 Å². The maximum absolute atomic E-state index is 12.8. The Kier molecular flexibility index (Phi) is 4.27. The second-order valence-corrected chi connectivity index (χ2v) is 14.0. The Balaban J connectivity index is 1.13. The molecule has 184 valence electrons. The maximum Gasteiger partial charge on any atom is 0.309 e. The van der Waals surface area contributed by atoms with E-state index in [9.17, 15) is 9.90 Å². The first-order valence-corrected chi connectivity index (χ1v) is 14.4. The van der Waals surface area contributed by atoms with Crippen LogP contribution in [0.15, 0.2) is 30.5 Å². The SMILES string of the molecule is O=C(O)C12CCCC3CC1CC(C14CC5CC(c6ncc7ccccc7n6)CC(C1)C(C5)C4)(C3)C2. The van der Waals surface area contributed by atoms with Gasteiger partial charge in [0.2, 0.25) is 0 Å². The molecule has 6 saturated carbocycles. The number of fused-ring (bicyclic) bond motifs is 6. The second kappa shape index (κ2) is 7.07. The second-order valence-electron chi connectivity index (χ2n) is 14.0. The fourth-order valence-corrected chi connectivity index (χ4v) is 11.5. The van der Waals surface area contributed by atoms with Crippen LogP contribution in [0.25, 0.3) is 10.9 Å². The van der Waals surface area contributed by atoms with Crippen LogP contribution < -0.4 is 0 Å². The minimum Gasteiger partial charge on any atom is -0.481 e. The van der Waals surface area contributed by atoms with Gasteiger partial charge in [0.1, 0.15) is 5.82 Å².